The van der Waals surface area contributed by atoms with Gasteiger partial charge in [0.2, 0.25) is 10.0 Å². The summed E-state index contributed by atoms with van der Waals surface area (Å²) in [5.41, 5.74) is 1.09. The van der Waals surface area contributed by atoms with Crippen LogP contribution in [0.1, 0.15) is 29.8 Å². The highest BCUT2D eigenvalue weighted by molar-refractivity contribution is 7.89. The number of ether oxygens (including phenoxy) is 1. The normalized spacial score (nSPS) is 11.2. The van der Waals surface area contributed by atoms with Crippen molar-refractivity contribution in [2.75, 3.05) is 20.2 Å². The minimum atomic E-state index is -3.75. The first kappa shape index (κ1) is 19.9. The number of para-hydroxylation sites is 1. The number of nitrogens with zero attached hydrogens (tertiary/aromatic N) is 1. The van der Waals surface area contributed by atoms with Crippen LogP contribution >= 0.6 is 0 Å². The molecule has 2 aromatic rings. The molecule has 0 atom stereocenters. The average molecular weight is 376 g/mol. The summed E-state index contributed by atoms with van der Waals surface area (Å²) in [4.78, 5) is 14.2. The van der Waals surface area contributed by atoms with Gasteiger partial charge in [0.15, 0.2) is 0 Å². The molecular formula is C19H24N2O4S. The first-order chi connectivity index (χ1) is 12.4. The molecule has 140 valence electrons. The Morgan fingerprint density at radius 3 is 2.42 bits per heavy atom. The zero-order chi connectivity index (χ0) is 19.2. The summed E-state index contributed by atoms with van der Waals surface area (Å²) < 4.78 is 33.0. The van der Waals surface area contributed by atoms with E-state index in [1.54, 1.807) is 29.2 Å². The van der Waals surface area contributed by atoms with Crippen molar-refractivity contribution >= 4 is 15.9 Å². The minimum Gasteiger partial charge on any atom is -0.496 e. The van der Waals surface area contributed by atoms with E-state index in [1.165, 1.54) is 19.2 Å². The van der Waals surface area contributed by atoms with Crippen LogP contribution in [0.4, 0.5) is 0 Å². The van der Waals surface area contributed by atoms with Crippen LogP contribution in [0.3, 0.4) is 0 Å². The van der Waals surface area contributed by atoms with E-state index in [1.807, 2.05) is 26.0 Å². The lowest BCUT2D eigenvalue weighted by Gasteiger charge is -2.19. The Morgan fingerprint density at radius 2 is 1.77 bits per heavy atom. The summed E-state index contributed by atoms with van der Waals surface area (Å²) in [7, 11) is -2.22. The van der Waals surface area contributed by atoms with Crippen molar-refractivity contribution in [1.29, 1.82) is 0 Å². The van der Waals surface area contributed by atoms with Gasteiger partial charge in [-0.15, -0.1) is 0 Å². The third-order valence-electron chi connectivity index (χ3n) is 4.09. The molecule has 0 aromatic heterocycles. The smallest absolute Gasteiger partial charge is 0.253 e. The van der Waals surface area contributed by atoms with Gasteiger partial charge in [-0.2, -0.15) is 0 Å². The van der Waals surface area contributed by atoms with Crippen molar-refractivity contribution < 1.29 is 17.9 Å². The van der Waals surface area contributed by atoms with Gasteiger partial charge in [0.05, 0.1) is 12.0 Å². The van der Waals surface area contributed by atoms with Crippen LogP contribution in [0.25, 0.3) is 0 Å². The topological polar surface area (TPSA) is 75.7 Å². The van der Waals surface area contributed by atoms with Crippen LogP contribution in [0, 0.1) is 0 Å². The van der Waals surface area contributed by atoms with Crippen molar-refractivity contribution in [3.63, 3.8) is 0 Å². The van der Waals surface area contributed by atoms with Gasteiger partial charge < -0.3 is 9.64 Å². The molecule has 2 rings (SSSR count). The molecule has 1 N–H and O–H groups in total. The first-order valence-corrected chi connectivity index (χ1v) is 9.92. The number of hydrogen-bond acceptors (Lipinski definition) is 4. The summed E-state index contributed by atoms with van der Waals surface area (Å²) in [6, 6.07) is 13.3. The van der Waals surface area contributed by atoms with Gasteiger partial charge in [-0.25, -0.2) is 13.1 Å². The summed E-state index contributed by atoms with van der Waals surface area (Å²) >= 11 is 0. The Bertz CT molecular complexity index is 861. The molecule has 0 aliphatic heterocycles. The van der Waals surface area contributed by atoms with Gasteiger partial charge in [-0.3, -0.25) is 4.79 Å². The van der Waals surface area contributed by atoms with Crippen molar-refractivity contribution in [2.45, 2.75) is 25.3 Å². The van der Waals surface area contributed by atoms with E-state index >= 15 is 0 Å². The third-order valence-corrected chi connectivity index (χ3v) is 5.49. The number of hydrogen-bond donors (Lipinski definition) is 1. The minimum absolute atomic E-state index is 0.0606. The molecule has 0 bridgehead atoms. The van der Waals surface area contributed by atoms with Crippen LogP contribution in [-0.4, -0.2) is 39.4 Å². The van der Waals surface area contributed by atoms with Crippen molar-refractivity contribution in [2.24, 2.45) is 0 Å². The second-order valence-electron chi connectivity index (χ2n) is 5.64. The molecule has 6 nitrogen and oxygen atoms in total. The maximum Gasteiger partial charge on any atom is 0.253 e. The second kappa shape index (κ2) is 8.82. The lowest BCUT2D eigenvalue weighted by atomic mass is 10.2. The Balaban J connectivity index is 2.21. The summed E-state index contributed by atoms with van der Waals surface area (Å²) in [5, 5.41) is 0. The van der Waals surface area contributed by atoms with E-state index in [9.17, 15) is 13.2 Å². The molecule has 26 heavy (non-hydrogen) atoms. The number of carbonyl (C=O) groups is 1. The van der Waals surface area contributed by atoms with Gasteiger partial charge in [-0.1, -0.05) is 24.3 Å². The Hall–Kier alpha value is -2.38. The molecule has 0 heterocycles. The maximum atomic E-state index is 12.6. The zero-order valence-electron chi connectivity index (χ0n) is 15.2. The van der Waals surface area contributed by atoms with Crippen molar-refractivity contribution in [3.05, 3.63) is 59.7 Å². The molecule has 0 aliphatic rings. The fourth-order valence-corrected chi connectivity index (χ4v) is 3.65. The first-order valence-electron chi connectivity index (χ1n) is 8.43. The number of sulfonamides is 1. The lowest BCUT2D eigenvalue weighted by molar-refractivity contribution is 0.0772. The molecule has 2 aromatic carbocycles. The average Bonchev–Trinajstić information content (AvgIpc) is 2.67. The number of methoxy groups -OCH3 is 1. The van der Waals surface area contributed by atoms with Gasteiger partial charge in [0.1, 0.15) is 5.75 Å². The number of rotatable bonds is 8. The maximum absolute atomic E-state index is 12.6. The van der Waals surface area contributed by atoms with Crippen LogP contribution < -0.4 is 9.46 Å². The van der Waals surface area contributed by atoms with Gasteiger partial charge >= 0.3 is 0 Å². The van der Waals surface area contributed by atoms with Gasteiger partial charge in [-0.05, 0) is 38.1 Å². The van der Waals surface area contributed by atoms with E-state index in [0.29, 0.717) is 24.4 Å². The number of benzene rings is 2. The second-order valence-corrected chi connectivity index (χ2v) is 7.41. The Labute approximate surface area is 154 Å². The predicted octanol–water partition coefficient (Wildman–Crippen LogP) is 2.66. The molecule has 7 heteroatoms. The highest BCUT2D eigenvalue weighted by Gasteiger charge is 2.18. The monoisotopic (exact) mass is 376 g/mol. The van der Waals surface area contributed by atoms with E-state index in [2.05, 4.69) is 4.72 Å². The fourth-order valence-electron chi connectivity index (χ4n) is 2.59. The molecule has 1 amide bonds. The molecule has 0 fully saturated rings. The van der Waals surface area contributed by atoms with E-state index in [0.717, 1.165) is 5.56 Å². The quantitative estimate of drug-likeness (QED) is 0.768. The standard InChI is InChI=1S/C19H24N2O4S/c1-4-21(5-2)19(22)15-10-8-11-17(13-15)26(23,24)20-14-16-9-6-7-12-18(16)25-3/h6-13,20H,4-5,14H2,1-3H3. The number of nitrogens with one attached hydrogen (secondary N) is 1. The molecule has 0 spiro atoms. The van der Waals surface area contributed by atoms with Gasteiger partial charge in [0, 0.05) is 30.8 Å². The lowest BCUT2D eigenvalue weighted by Crippen LogP contribution is -2.30. The summed E-state index contributed by atoms with van der Waals surface area (Å²) in [6.45, 7) is 5.00. The van der Waals surface area contributed by atoms with Gasteiger partial charge in [0.25, 0.3) is 5.91 Å². The summed E-state index contributed by atoms with van der Waals surface area (Å²) in [6.07, 6.45) is 0. The van der Waals surface area contributed by atoms with Crippen LogP contribution in [-0.2, 0) is 16.6 Å². The number of carbonyl (C=O) groups excluding carboxylic acids is 1. The van der Waals surface area contributed by atoms with Crippen LogP contribution in [0.5, 0.6) is 5.75 Å². The molecule has 0 saturated heterocycles. The van der Waals surface area contributed by atoms with Crippen LogP contribution in [0.15, 0.2) is 53.4 Å². The highest BCUT2D eigenvalue weighted by Crippen LogP contribution is 2.19. The predicted molar refractivity (Wildman–Crippen MR) is 101 cm³/mol. The summed E-state index contributed by atoms with van der Waals surface area (Å²) in [5.74, 6) is 0.428. The Kier molecular flexibility index (Phi) is 6.76. The van der Waals surface area contributed by atoms with Crippen molar-refractivity contribution in [1.82, 2.24) is 9.62 Å². The van der Waals surface area contributed by atoms with E-state index in [4.69, 9.17) is 4.74 Å². The molecule has 0 unspecified atom stereocenters. The fraction of sp³-hybridized carbons (Fsp3) is 0.316. The Morgan fingerprint density at radius 1 is 1.08 bits per heavy atom. The van der Waals surface area contributed by atoms with Crippen LogP contribution in [0.2, 0.25) is 0 Å². The van der Waals surface area contributed by atoms with E-state index in [-0.39, 0.29) is 17.3 Å². The zero-order valence-corrected chi connectivity index (χ0v) is 16.0. The molecule has 0 radical (unpaired) electrons. The largest absolute Gasteiger partial charge is 0.496 e. The molecule has 0 aliphatic carbocycles. The third kappa shape index (κ3) is 4.62. The molecule has 0 saturated carbocycles. The molecular weight excluding hydrogens is 352 g/mol. The van der Waals surface area contributed by atoms with E-state index < -0.39 is 10.0 Å². The SMILES string of the molecule is CCN(CC)C(=O)c1cccc(S(=O)(=O)NCc2ccccc2OC)c1. The van der Waals surface area contributed by atoms with Crippen molar-refractivity contribution in [3.8, 4) is 5.75 Å². The highest BCUT2D eigenvalue weighted by atomic mass is 32.2. The number of amides is 1.